The van der Waals surface area contributed by atoms with E-state index < -0.39 is 5.97 Å². The van der Waals surface area contributed by atoms with Crippen molar-refractivity contribution in [2.75, 3.05) is 19.7 Å². The average Bonchev–Trinajstić information content (AvgIpc) is 3.66. The molecule has 2 heterocycles. The molecule has 7 nitrogen and oxygen atoms in total. The molecule has 0 spiro atoms. The summed E-state index contributed by atoms with van der Waals surface area (Å²) in [7, 11) is 0. The second kappa shape index (κ2) is 10.3. The molecule has 0 radical (unpaired) electrons. The molecule has 0 aromatic heterocycles. The minimum atomic E-state index is -0.823. The minimum absolute atomic E-state index is 0.0606. The van der Waals surface area contributed by atoms with Gasteiger partial charge in [0.2, 0.25) is 5.91 Å². The Morgan fingerprint density at radius 1 is 1.00 bits per heavy atom. The number of carbonyl (C=O) groups excluding carboxylic acids is 1. The summed E-state index contributed by atoms with van der Waals surface area (Å²) < 4.78 is 18.0. The Morgan fingerprint density at radius 3 is 2.49 bits per heavy atom. The Bertz CT molecular complexity index is 1400. The van der Waals surface area contributed by atoms with Gasteiger partial charge in [0.25, 0.3) is 0 Å². The van der Waals surface area contributed by atoms with Crippen LogP contribution in [-0.2, 0) is 16.2 Å². The lowest BCUT2D eigenvalue weighted by Gasteiger charge is -2.39. The van der Waals surface area contributed by atoms with Crippen molar-refractivity contribution in [1.29, 1.82) is 0 Å². The van der Waals surface area contributed by atoms with Crippen LogP contribution >= 0.6 is 0 Å². The maximum atomic E-state index is 12.2. The fraction of sp³-hybridized carbons (Fsp3) is 0.375. The Labute approximate surface area is 228 Å². The lowest BCUT2D eigenvalue weighted by atomic mass is 9.94. The largest absolute Gasteiger partial charge is 0.492 e. The number of carbonyl (C=O) groups is 2. The third-order valence-electron chi connectivity index (χ3n) is 7.80. The first-order chi connectivity index (χ1) is 18.8. The molecule has 1 amide bonds. The zero-order valence-electron chi connectivity index (χ0n) is 22.3. The zero-order chi connectivity index (χ0) is 27.1. The third kappa shape index (κ3) is 5.44. The smallest absolute Gasteiger partial charge is 0.304 e. The van der Waals surface area contributed by atoms with Crippen LogP contribution in [0.15, 0.2) is 54.6 Å². The van der Waals surface area contributed by atoms with Gasteiger partial charge in [0.15, 0.2) is 0 Å². The monoisotopic (exact) mass is 527 g/mol. The molecule has 1 aliphatic carbocycles. The van der Waals surface area contributed by atoms with Gasteiger partial charge in [-0.1, -0.05) is 24.3 Å². The van der Waals surface area contributed by atoms with E-state index in [4.69, 9.17) is 19.3 Å². The van der Waals surface area contributed by atoms with Crippen LogP contribution in [0.4, 0.5) is 0 Å². The van der Waals surface area contributed by atoms with Crippen molar-refractivity contribution < 1.29 is 28.9 Å². The molecule has 2 fully saturated rings. The molecular formula is C32H33NO6. The van der Waals surface area contributed by atoms with Gasteiger partial charge < -0.3 is 24.2 Å². The number of hydrogen-bond donors (Lipinski definition) is 1. The summed E-state index contributed by atoms with van der Waals surface area (Å²) in [6.07, 6.45) is 2.19. The summed E-state index contributed by atoms with van der Waals surface area (Å²) in [4.78, 5) is 25.2. The SMILES string of the molecule is Cc1cc(OC2CN(C(=O)C3CC3)C2)cc(C)c1-c1cccc(COc2ccc3c(c2)OC[C@H]3CC(=O)O)c1. The van der Waals surface area contributed by atoms with Crippen LogP contribution in [0.25, 0.3) is 11.1 Å². The fourth-order valence-electron chi connectivity index (χ4n) is 5.63. The molecule has 39 heavy (non-hydrogen) atoms. The highest BCUT2D eigenvalue weighted by Gasteiger charge is 2.40. The van der Waals surface area contributed by atoms with Crippen molar-refractivity contribution in [1.82, 2.24) is 4.90 Å². The summed E-state index contributed by atoms with van der Waals surface area (Å²) >= 11 is 0. The van der Waals surface area contributed by atoms with Crippen LogP contribution in [0.1, 0.15) is 47.4 Å². The number of ether oxygens (including phenoxy) is 3. The molecule has 1 saturated carbocycles. The summed E-state index contributed by atoms with van der Waals surface area (Å²) in [5.74, 6) is 1.85. The lowest BCUT2D eigenvalue weighted by Crippen LogP contribution is -2.56. The highest BCUT2D eigenvalue weighted by molar-refractivity contribution is 5.82. The molecular weight excluding hydrogens is 494 g/mol. The van der Waals surface area contributed by atoms with Gasteiger partial charge in [0.05, 0.1) is 26.1 Å². The second-order valence-electron chi connectivity index (χ2n) is 11.0. The first-order valence-corrected chi connectivity index (χ1v) is 13.6. The van der Waals surface area contributed by atoms with Crippen LogP contribution in [0.5, 0.6) is 17.2 Å². The summed E-state index contributed by atoms with van der Waals surface area (Å²) in [6, 6.07) is 18.1. The molecule has 7 heteroatoms. The van der Waals surface area contributed by atoms with E-state index in [1.807, 2.05) is 35.2 Å². The molecule has 1 atom stereocenters. The third-order valence-corrected chi connectivity index (χ3v) is 7.80. The molecule has 2 aliphatic heterocycles. The van der Waals surface area contributed by atoms with Crippen molar-refractivity contribution in [3.8, 4) is 28.4 Å². The summed E-state index contributed by atoms with van der Waals surface area (Å²) in [5.41, 5.74) is 6.55. The standard InChI is InChI=1S/C32H33NO6/c1-19-10-26(39-27-15-33(16-27)32(36)22-6-7-22)11-20(2)31(19)23-5-3-4-21(12-23)17-37-25-8-9-28-24(13-30(34)35)18-38-29(28)14-25/h3-5,8-12,14,22,24,27H,6-7,13,15-18H2,1-2H3,(H,34,35)/t24-/m1/s1. The van der Waals surface area contributed by atoms with E-state index in [0.717, 1.165) is 46.4 Å². The van der Waals surface area contributed by atoms with Gasteiger partial charge in [-0.15, -0.1) is 0 Å². The van der Waals surface area contributed by atoms with Gasteiger partial charge >= 0.3 is 5.97 Å². The van der Waals surface area contributed by atoms with Crippen molar-refractivity contribution >= 4 is 11.9 Å². The highest BCUT2D eigenvalue weighted by Crippen LogP contribution is 2.39. The number of carboxylic acid groups (broad SMARTS) is 1. The number of rotatable bonds is 9. The first-order valence-electron chi connectivity index (χ1n) is 13.6. The summed E-state index contributed by atoms with van der Waals surface area (Å²) in [6.45, 7) is 6.35. The van der Waals surface area contributed by atoms with Gasteiger partial charge in [0.1, 0.15) is 30.0 Å². The van der Waals surface area contributed by atoms with Crippen LogP contribution in [0.2, 0.25) is 0 Å². The molecule has 6 rings (SSSR count). The molecule has 0 bridgehead atoms. The van der Waals surface area contributed by atoms with Crippen LogP contribution in [0, 0.1) is 19.8 Å². The van der Waals surface area contributed by atoms with Crippen molar-refractivity contribution in [2.24, 2.45) is 5.92 Å². The average molecular weight is 528 g/mol. The lowest BCUT2D eigenvalue weighted by molar-refractivity contribution is -0.141. The molecule has 1 N–H and O–H groups in total. The Balaban J connectivity index is 1.09. The van der Waals surface area contributed by atoms with Crippen molar-refractivity contribution in [2.45, 2.75) is 51.7 Å². The number of aliphatic carboxylic acids is 1. The molecule has 1 saturated heterocycles. The predicted octanol–water partition coefficient (Wildman–Crippen LogP) is 5.50. The Kier molecular flexibility index (Phi) is 6.67. The number of benzene rings is 3. The fourth-order valence-corrected chi connectivity index (χ4v) is 5.63. The number of nitrogens with zero attached hydrogens (tertiary/aromatic N) is 1. The highest BCUT2D eigenvalue weighted by atomic mass is 16.5. The maximum absolute atomic E-state index is 12.2. The van der Waals surface area contributed by atoms with E-state index in [1.165, 1.54) is 5.56 Å². The molecule has 3 aliphatic rings. The molecule has 3 aromatic carbocycles. The molecule has 3 aromatic rings. The van der Waals surface area contributed by atoms with E-state index in [9.17, 15) is 9.59 Å². The van der Waals surface area contributed by atoms with Crippen LogP contribution in [0.3, 0.4) is 0 Å². The second-order valence-corrected chi connectivity index (χ2v) is 11.0. The number of likely N-dealkylation sites (tertiary alicyclic amines) is 1. The maximum Gasteiger partial charge on any atom is 0.304 e. The van der Waals surface area contributed by atoms with E-state index in [0.29, 0.717) is 37.8 Å². The van der Waals surface area contributed by atoms with E-state index in [1.54, 1.807) is 0 Å². The zero-order valence-corrected chi connectivity index (χ0v) is 22.3. The topological polar surface area (TPSA) is 85.3 Å². The van der Waals surface area contributed by atoms with Crippen molar-refractivity contribution in [3.05, 3.63) is 76.9 Å². The van der Waals surface area contributed by atoms with Gasteiger partial charge in [-0.3, -0.25) is 9.59 Å². The minimum Gasteiger partial charge on any atom is -0.492 e. The number of carboxylic acids is 1. The first kappa shape index (κ1) is 25.3. The molecule has 0 unspecified atom stereocenters. The number of amides is 1. The van der Waals surface area contributed by atoms with E-state index >= 15 is 0 Å². The number of fused-ring (bicyclic) bond motifs is 1. The predicted molar refractivity (Wildman–Crippen MR) is 146 cm³/mol. The number of hydrogen-bond acceptors (Lipinski definition) is 5. The molecule has 202 valence electrons. The summed E-state index contributed by atoms with van der Waals surface area (Å²) in [5, 5.41) is 9.11. The van der Waals surface area contributed by atoms with Crippen LogP contribution < -0.4 is 14.2 Å². The van der Waals surface area contributed by atoms with Crippen LogP contribution in [-0.4, -0.2) is 47.7 Å². The van der Waals surface area contributed by atoms with E-state index in [2.05, 4.69) is 38.1 Å². The van der Waals surface area contributed by atoms with Gasteiger partial charge in [-0.25, -0.2) is 0 Å². The van der Waals surface area contributed by atoms with E-state index in [-0.39, 0.29) is 30.3 Å². The van der Waals surface area contributed by atoms with Gasteiger partial charge in [-0.2, -0.15) is 0 Å². The quantitative estimate of drug-likeness (QED) is 0.396. The Morgan fingerprint density at radius 2 is 1.77 bits per heavy atom. The van der Waals surface area contributed by atoms with Gasteiger partial charge in [-0.05, 0) is 78.8 Å². The normalized spacial score (nSPS) is 18.2. The Hall–Kier alpha value is -4.00. The van der Waals surface area contributed by atoms with Gasteiger partial charge in [0, 0.05) is 23.5 Å². The number of aryl methyl sites for hydroxylation is 2. The van der Waals surface area contributed by atoms with Crippen molar-refractivity contribution in [3.63, 3.8) is 0 Å².